The number of fused-ring (bicyclic) bond motifs is 1. The van der Waals surface area contributed by atoms with Gasteiger partial charge in [0, 0.05) is 6.54 Å². The van der Waals surface area contributed by atoms with Gasteiger partial charge in [-0.25, -0.2) is 0 Å². The van der Waals surface area contributed by atoms with Crippen LogP contribution in [0.4, 0.5) is 0 Å². The van der Waals surface area contributed by atoms with E-state index in [-0.39, 0.29) is 0 Å². The number of rotatable bonds is 4. The van der Waals surface area contributed by atoms with Crippen LogP contribution in [0.2, 0.25) is 0 Å². The van der Waals surface area contributed by atoms with Crippen molar-refractivity contribution in [2.24, 2.45) is 0 Å². The third kappa shape index (κ3) is 2.66. The number of hydrogen-bond acceptors (Lipinski definition) is 3. The van der Waals surface area contributed by atoms with Gasteiger partial charge in [0.25, 0.3) is 4.84 Å². The lowest BCUT2D eigenvalue weighted by Gasteiger charge is -2.17. The molecule has 102 valence electrons. The Morgan fingerprint density at radius 1 is 1.05 bits per heavy atom. The summed E-state index contributed by atoms with van der Waals surface area (Å²) in [6, 6.07) is 18.3. The van der Waals surface area contributed by atoms with E-state index in [1.807, 2.05) is 34.9 Å². The van der Waals surface area contributed by atoms with Crippen molar-refractivity contribution >= 4 is 23.3 Å². The second-order valence-corrected chi connectivity index (χ2v) is 5.25. The van der Waals surface area contributed by atoms with Gasteiger partial charge in [0.1, 0.15) is 0 Å². The third-order valence-electron chi connectivity index (χ3n) is 3.25. The molecule has 0 bridgehead atoms. The second-order valence-electron chi connectivity index (χ2n) is 4.90. The first-order chi connectivity index (χ1) is 9.74. The Hall–Kier alpha value is -1.91. The van der Waals surface area contributed by atoms with E-state index >= 15 is 0 Å². The number of benzene rings is 2. The van der Waals surface area contributed by atoms with Crippen LogP contribution in [0.15, 0.2) is 59.0 Å². The largest absolute Gasteiger partial charge is 0.429 e. The van der Waals surface area contributed by atoms with Crippen LogP contribution in [0.1, 0.15) is 5.56 Å². The molecule has 0 saturated carbocycles. The summed E-state index contributed by atoms with van der Waals surface area (Å²) in [6.45, 7) is 1.59. The summed E-state index contributed by atoms with van der Waals surface area (Å²) >= 11 is 5.31. The van der Waals surface area contributed by atoms with Gasteiger partial charge >= 0.3 is 0 Å². The van der Waals surface area contributed by atoms with Crippen molar-refractivity contribution in [3.63, 3.8) is 0 Å². The highest BCUT2D eigenvalue weighted by Gasteiger charge is 2.08. The smallest absolute Gasteiger partial charge is 0.270 e. The van der Waals surface area contributed by atoms with Crippen LogP contribution < -0.4 is 0 Å². The maximum Gasteiger partial charge on any atom is 0.270 e. The molecule has 4 heteroatoms. The van der Waals surface area contributed by atoms with Crippen molar-refractivity contribution < 1.29 is 4.42 Å². The summed E-state index contributed by atoms with van der Waals surface area (Å²) in [4.78, 5) is 2.73. The summed E-state index contributed by atoms with van der Waals surface area (Å²) in [5, 5.41) is 0. The maximum absolute atomic E-state index is 5.60. The van der Waals surface area contributed by atoms with Gasteiger partial charge in [0.05, 0.1) is 12.2 Å². The number of hydrogen-bond donors (Lipinski definition) is 0. The Morgan fingerprint density at radius 3 is 2.55 bits per heavy atom. The molecule has 0 saturated heterocycles. The van der Waals surface area contributed by atoms with E-state index in [0.717, 1.165) is 17.6 Å². The molecule has 0 aliphatic rings. The third-order valence-corrected chi connectivity index (χ3v) is 3.56. The standard InChI is InChI=1S/C16H16N2OS/c1-17(11-13-7-3-2-4-8-13)12-18-14-9-5-6-10-15(14)19-16(18)20/h2-10H,11-12H2,1H3. The summed E-state index contributed by atoms with van der Waals surface area (Å²) in [6.07, 6.45) is 0. The van der Waals surface area contributed by atoms with E-state index in [9.17, 15) is 0 Å². The fourth-order valence-corrected chi connectivity index (χ4v) is 2.58. The fraction of sp³-hybridized carbons (Fsp3) is 0.188. The molecule has 1 aromatic heterocycles. The minimum atomic E-state index is 0.520. The van der Waals surface area contributed by atoms with E-state index in [1.165, 1.54) is 5.56 Å². The van der Waals surface area contributed by atoms with E-state index in [0.29, 0.717) is 11.5 Å². The molecular weight excluding hydrogens is 268 g/mol. The predicted octanol–water partition coefficient (Wildman–Crippen LogP) is 4.05. The van der Waals surface area contributed by atoms with E-state index in [1.54, 1.807) is 0 Å². The molecule has 0 amide bonds. The van der Waals surface area contributed by atoms with Crippen LogP contribution >= 0.6 is 12.2 Å². The quantitative estimate of drug-likeness (QED) is 0.674. The van der Waals surface area contributed by atoms with Crippen molar-refractivity contribution in [3.8, 4) is 0 Å². The van der Waals surface area contributed by atoms with E-state index in [2.05, 4.69) is 36.2 Å². The lowest BCUT2D eigenvalue weighted by atomic mass is 10.2. The highest BCUT2D eigenvalue weighted by molar-refractivity contribution is 7.71. The number of nitrogens with zero attached hydrogens (tertiary/aromatic N) is 2. The summed E-state index contributed by atoms with van der Waals surface area (Å²) in [7, 11) is 2.08. The van der Waals surface area contributed by atoms with Gasteiger partial charge in [-0.05, 0) is 37.0 Å². The Kier molecular flexibility index (Phi) is 3.67. The molecule has 3 rings (SSSR count). The first-order valence-electron chi connectivity index (χ1n) is 6.55. The van der Waals surface area contributed by atoms with Crippen LogP contribution in [0.25, 0.3) is 11.1 Å². The number of para-hydroxylation sites is 2. The van der Waals surface area contributed by atoms with Crippen LogP contribution in [-0.4, -0.2) is 16.5 Å². The average molecular weight is 284 g/mol. The van der Waals surface area contributed by atoms with Gasteiger partial charge in [-0.2, -0.15) is 0 Å². The molecule has 3 aromatic rings. The molecule has 20 heavy (non-hydrogen) atoms. The van der Waals surface area contributed by atoms with Crippen molar-refractivity contribution in [2.45, 2.75) is 13.2 Å². The van der Waals surface area contributed by atoms with E-state index in [4.69, 9.17) is 16.6 Å². The molecule has 0 atom stereocenters. The van der Waals surface area contributed by atoms with Gasteiger partial charge in [-0.15, -0.1) is 0 Å². The minimum absolute atomic E-state index is 0.520. The maximum atomic E-state index is 5.60. The normalized spacial score (nSPS) is 11.3. The van der Waals surface area contributed by atoms with Gasteiger partial charge in [0.2, 0.25) is 0 Å². The van der Waals surface area contributed by atoms with Crippen LogP contribution in [0, 0.1) is 4.84 Å². The molecule has 1 heterocycles. The minimum Gasteiger partial charge on any atom is -0.429 e. The predicted molar refractivity (Wildman–Crippen MR) is 82.9 cm³/mol. The molecule has 0 aliphatic carbocycles. The first kappa shape index (κ1) is 13.1. The molecule has 0 spiro atoms. The number of aromatic nitrogens is 1. The fourth-order valence-electron chi connectivity index (χ4n) is 2.33. The van der Waals surface area contributed by atoms with Crippen LogP contribution in [0.5, 0.6) is 0 Å². The second kappa shape index (κ2) is 5.61. The summed E-state index contributed by atoms with van der Waals surface area (Å²) in [5.74, 6) is 0. The molecule has 0 N–H and O–H groups in total. The van der Waals surface area contributed by atoms with Crippen molar-refractivity contribution in [2.75, 3.05) is 7.05 Å². The molecule has 0 unspecified atom stereocenters. The molecule has 0 radical (unpaired) electrons. The van der Waals surface area contributed by atoms with E-state index < -0.39 is 0 Å². The Bertz CT molecular complexity index is 761. The van der Waals surface area contributed by atoms with Gasteiger partial charge in [0.15, 0.2) is 5.58 Å². The zero-order valence-electron chi connectivity index (χ0n) is 11.3. The molecule has 3 nitrogen and oxygen atoms in total. The average Bonchev–Trinajstić information content (AvgIpc) is 2.76. The Balaban J connectivity index is 1.83. The summed E-state index contributed by atoms with van der Waals surface area (Å²) < 4.78 is 7.62. The lowest BCUT2D eigenvalue weighted by molar-refractivity contribution is 0.257. The van der Waals surface area contributed by atoms with Crippen LogP contribution in [0.3, 0.4) is 0 Å². The van der Waals surface area contributed by atoms with Gasteiger partial charge < -0.3 is 4.42 Å². The number of oxazole rings is 1. The molecule has 0 fully saturated rings. The summed E-state index contributed by atoms with van der Waals surface area (Å²) in [5.41, 5.74) is 3.16. The van der Waals surface area contributed by atoms with Crippen LogP contribution in [-0.2, 0) is 13.2 Å². The lowest BCUT2D eigenvalue weighted by Crippen LogP contribution is -2.21. The monoisotopic (exact) mass is 284 g/mol. The highest BCUT2D eigenvalue weighted by Crippen LogP contribution is 2.17. The first-order valence-corrected chi connectivity index (χ1v) is 6.96. The topological polar surface area (TPSA) is 21.3 Å². The zero-order valence-corrected chi connectivity index (χ0v) is 12.1. The SMILES string of the molecule is CN(Cc1ccccc1)Cn1c(=S)oc2ccccc21. The Morgan fingerprint density at radius 2 is 1.75 bits per heavy atom. The highest BCUT2D eigenvalue weighted by atomic mass is 32.1. The van der Waals surface area contributed by atoms with Crippen molar-refractivity contribution in [1.82, 2.24) is 9.47 Å². The molecule has 0 aliphatic heterocycles. The van der Waals surface area contributed by atoms with Crippen molar-refractivity contribution in [3.05, 3.63) is 65.0 Å². The molecule has 2 aromatic carbocycles. The van der Waals surface area contributed by atoms with Gasteiger partial charge in [-0.1, -0.05) is 42.5 Å². The van der Waals surface area contributed by atoms with Gasteiger partial charge in [-0.3, -0.25) is 9.47 Å². The molecular formula is C16H16N2OS. The zero-order chi connectivity index (χ0) is 13.9. The Labute approximate surface area is 123 Å². The van der Waals surface area contributed by atoms with Crippen molar-refractivity contribution in [1.29, 1.82) is 0 Å².